The molecule has 0 aliphatic carbocycles. The normalized spacial score (nSPS) is 10.1. The molecule has 0 heterocycles. The minimum absolute atomic E-state index is 0.0790. The summed E-state index contributed by atoms with van der Waals surface area (Å²) in [5, 5.41) is 0. The van der Waals surface area contributed by atoms with Crippen LogP contribution in [0.1, 0.15) is 74.1 Å². The first kappa shape index (κ1) is 51.0. The number of likely N-dealkylation sites (N-methyl/N-ethyl adjacent to an activating group) is 2. The van der Waals surface area contributed by atoms with Gasteiger partial charge in [0.1, 0.15) is 13.2 Å². The Hall–Kier alpha value is -2.80. The molecule has 0 aliphatic rings. The molecule has 0 bridgehead atoms. The number of hydrogen-bond acceptors (Lipinski definition) is 12. The molecule has 0 aromatic heterocycles. The Balaban J connectivity index is -0.000000264. The van der Waals surface area contributed by atoms with Crippen LogP contribution in [0.15, 0.2) is 24.8 Å². The van der Waals surface area contributed by atoms with Gasteiger partial charge in [0.25, 0.3) is 0 Å². The van der Waals surface area contributed by atoms with E-state index in [0.29, 0.717) is 44.8 Å². The summed E-state index contributed by atoms with van der Waals surface area (Å²) in [6.45, 7) is 29.7. The second-order valence-corrected chi connectivity index (χ2v) is 10.9. The molecule has 278 valence electrons. The first-order chi connectivity index (χ1) is 22.2. The molecule has 0 aromatic carbocycles. The van der Waals surface area contributed by atoms with Crippen molar-refractivity contribution in [1.82, 2.24) is 19.6 Å². The molecule has 12 heteroatoms. The van der Waals surface area contributed by atoms with Crippen LogP contribution in [0.25, 0.3) is 0 Å². The van der Waals surface area contributed by atoms with Crippen molar-refractivity contribution in [3.63, 3.8) is 0 Å². The number of carbonyl (C=O) groups excluding carboxylic acids is 4. The Morgan fingerprint density at radius 3 is 1.32 bits per heavy atom. The lowest BCUT2D eigenvalue weighted by Crippen LogP contribution is -2.28. The van der Waals surface area contributed by atoms with Crippen LogP contribution in [0.2, 0.25) is 0 Å². The third-order valence-corrected chi connectivity index (χ3v) is 5.92. The lowest BCUT2D eigenvalue weighted by molar-refractivity contribution is -0.144. The van der Waals surface area contributed by atoms with Gasteiger partial charge in [-0.25, -0.2) is 9.59 Å². The summed E-state index contributed by atoms with van der Waals surface area (Å²) in [5.74, 6) is -0.845. The zero-order valence-corrected chi connectivity index (χ0v) is 31.9. The summed E-state index contributed by atoms with van der Waals surface area (Å²) >= 11 is 0. The minimum Gasteiger partial charge on any atom is -0.466 e. The van der Waals surface area contributed by atoms with Crippen molar-refractivity contribution in [2.45, 2.75) is 74.1 Å². The molecule has 0 radical (unpaired) electrons. The predicted octanol–water partition coefficient (Wildman–Crippen LogP) is 4.29. The van der Waals surface area contributed by atoms with Gasteiger partial charge in [0.2, 0.25) is 0 Å². The first-order valence-electron chi connectivity index (χ1n) is 16.9. The predicted molar refractivity (Wildman–Crippen MR) is 191 cm³/mol. The third kappa shape index (κ3) is 43.2. The molecule has 0 atom stereocenters. The number of esters is 4. The summed E-state index contributed by atoms with van der Waals surface area (Å²) in [7, 11) is 7.69. The van der Waals surface area contributed by atoms with E-state index < -0.39 is 0 Å². The van der Waals surface area contributed by atoms with Crippen molar-refractivity contribution in [2.75, 3.05) is 107 Å². The highest BCUT2D eigenvalue weighted by Crippen LogP contribution is 1.98. The molecule has 0 fully saturated rings. The fraction of sp³-hybridized carbons (Fsp3) is 0.771. The molecule has 0 unspecified atom stereocenters. The SMILES string of the molecule is C=C(C)C(=O)OCCN(C)C.C=CC(=O)OCCN(C)C.CCCN(CCC)CCC(=O)OCC.CCOC(=O)CCN(CC)CC. The summed E-state index contributed by atoms with van der Waals surface area (Å²) in [5.41, 5.74) is 0.448. The zero-order valence-electron chi connectivity index (χ0n) is 31.9. The van der Waals surface area contributed by atoms with Gasteiger partial charge in [0.05, 0.1) is 26.1 Å². The maximum Gasteiger partial charge on any atom is 0.333 e. The molecule has 0 saturated heterocycles. The van der Waals surface area contributed by atoms with Crippen molar-refractivity contribution < 1.29 is 38.1 Å². The highest BCUT2D eigenvalue weighted by molar-refractivity contribution is 5.86. The summed E-state index contributed by atoms with van der Waals surface area (Å²) in [4.78, 5) is 51.7. The number of nitrogens with zero attached hydrogens (tertiary/aromatic N) is 4. The average Bonchev–Trinajstić information content (AvgIpc) is 3.01. The number of hydrogen-bond donors (Lipinski definition) is 0. The second kappa shape index (κ2) is 37.7. The number of rotatable bonds is 22. The van der Waals surface area contributed by atoms with Crippen LogP contribution in [-0.4, -0.2) is 150 Å². The molecular formula is C35H70N4O8. The quantitative estimate of drug-likeness (QED) is 0.0927. The summed E-state index contributed by atoms with van der Waals surface area (Å²) < 4.78 is 19.2. The smallest absolute Gasteiger partial charge is 0.333 e. The van der Waals surface area contributed by atoms with Crippen LogP contribution in [0, 0.1) is 0 Å². The van der Waals surface area contributed by atoms with E-state index in [4.69, 9.17) is 18.9 Å². The zero-order chi connectivity index (χ0) is 37.0. The highest BCUT2D eigenvalue weighted by atomic mass is 16.5. The van der Waals surface area contributed by atoms with Gasteiger partial charge in [-0.05, 0) is 88.0 Å². The van der Waals surface area contributed by atoms with Crippen molar-refractivity contribution in [3.05, 3.63) is 24.8 Å². The van der Waals surface area contributed by atoms with Crippen LogP contribution in [0.3, 0.4) is 0 Å². The highest BCUT2D eigenvalue weighted by Gasteiger charge is 2.07. The molecule has 47 heavy (non-hydrogen) atoms. The summed E-state index contributed by atoms with van der Waals surface area (Å²) in [6.07, 6.45) is 4.48. The molecule has 0 aromatic rings. The standard InChI is InChI=1S/C11H23NO2.C9H19NO2.C8H15NO2.C7H13NO2/c1-4-8-12(9-5-2)10-7-11(13)14-6-3;1-4-10(5-2)8-7-9(11)12-6-3;1-7(2)8(10)11-6-5-9(3)4;1-4-7(9)10-6-5-8(2)3/h4-10H2,1-3H3;4-8H2,1-3H3;1,5-6H2,2-4H3;4H,1,5-6H2,2-3H3. The fourth-order valence-electron chi connectivity index (χ4n) is 3.30. The van der Waals surface area contributed by atoms with E-state index in [0.717, 1.165) is 71.3 Å². The van der Waals surface area contributed by atoms with Crippen LogP contribution < -0.4 is 0 Å². The van der Waals surface area contributed by atoms with Gasteiger partial charge in [-0.3, -0.25) is 9.59 Å². The Labute approximate surface area is 287 Å². The average molecular weight is 675 g/mol. The van der Waals surface area contributed by atoms with Crippen LogP contribution in [-0.2, 0) is 38.1 Å². The van der Waals surface area contributed by atoms with Gasteiger partial charge in [0, 0.05) is 37.8 Å². The van der Waals surface area contributed by atoms with Crippen molar-refractivity contribution >= 4 is 23.9 Å². The third-order valence-electron chi connectivity index (χ3n) is 5.92. The minimum atomic E-state index is -0.359. The largest absolute Gasteiger partial charge is 0.466 e. The molecular weight excluding hydrogens is 604 g/mol. The van der Waals surface area contributed by atoms with E-state index in [1.54, 1.807) is 6.92 Å². The van der Waals surface area contributed by atoms with Crippen molar-refractivity contribution in [3.8, 4) is 0 Å². The van der Waals surface area contributed by atoms with Gasteiger partial charge in [-0.15, -0.1) is 0 Å². The lowest BCUT2D eigenvalue weighted by Gasteiger charge is -2.19. The van der Waals surface area contributed by atoms with Crippen molar-refractivity contribution in [1.29, 1.82) is 0 Å². The second-order valence-electron chi connectivity index (χ2n) is 10.9. The van der Waals surface area contributed by atoms with Crippen LogP contribution in [0.4, 0.5) is 0 Å². The van der Waals surface area contributed by atoms with Gasteiger partial charge in [0.15, 0.2) is 0 Å². The van der Waals surface area contributed by atoms with Gasteiger partial charge in [-0.1, -0.05) is 40.9 Å². The van der Waals surface area contributed by atoms with Gasteiger partial charge < -0.3 is 38.5 Å². The Morgan fingerprint density at radius 1 is 0.596 bits per heavy atom. The maximum atomic E-state index is 11.1. The van der Waals surface area contributed by atoms with Gasteiger partial charge >= 0.3 is 23.9 Å². The molecule has 0 N–H and O–H groups in total. The molecule has 0 rings (SSSR count). The Kier molecular flexibility index (Phi) is 40.9. The first-order valence-corrected chi connectivity index (χ1v) is 16.9. The Morgan fingerprint density at radius 2 is 1.00 bits per heavy atom. The van der Waals surface area contributed by atoms with E-state index in [1.807, 2.05) is 51.8 Å². The fourth-order valence-corrected chi connectivity index (χ4v) is 3.30. The molecule has 0 amide bonds. The van der Waals surface area contributed by atoms with Gasteiger partial charge in [-0.2, -0.15) is 0 Å². The Bertz CT molecular complexity index is 796. The number of carbonyl (C=O) groups is 4. The lowest BCUT2D eigenvalue weighted by atomic mass is 10.3. The molecule has 0 aliphatic heterocycles. The van der Waals surface area contributed by atoms with E-state index in [-0.39, 0.29) is 23.9 Å². The molecule has 12 nitrogen and oxygen atoms in total. The van der Waals surface area contributed by atoms with E-state index in [2.05, 4.69) is 50.7 Å². The van der Waals surface area contributed by atoms with E-state index >= 15 is 0 Å². The van der Waals surface area contributed by atoms with E-state index in [9.17, 15) is 19.2 Å². The topological polar surface area (TPSA) is 118 Å². The van der Waals surface area contributed by atoms with E-state index in [1.165, 1.54) is 0 Å². The van der Waals surface area contributed by atoms with Crippen LogP contribution >= 0.6 is 0 Å². The molecule has 0 saturated carbocycles. The number of ether oxygens (including phenoxy) is 4. The molecule has 0 spiro atoms. The van der Waals surface area contributed by atoms with Crippen LogP contribution in [0.5, 0.6) is 0 Å². The maximum absolute atomic E-state index is 11.1. The summed E-state index contributed by atoms with van der Waals surface area (Å²) in [6, 6.07) is 0. The van der Waals surface area contributed by atoms with Crippen molar-refractivity contribution in [2.24, 2.45) is 0 Å². The monoisotopic (exact) mass is 675 g/mol.